The average molecular weight is 475 g/mol. The Morgan fingerprint density at radius 1 is 1.20 bits per heavy atom. The number of hydrogen-bond donors (Lipinski definition) is 2. The third kappa shape index (κ3) is 4.96. The van der Waals surface area contributed by atoms with Crippen LogP contribution < -0.4 is 9.64 Å². The fourth-order valence-corrected chi connectivity index (χ4v) is 4.59. The number of halogens is 3. The first-order chi connectivity index (χ1) is 9.56. The molecule has 0 aliphatic carbocycles. The first-order valence-corrected chi connectivity index (χ1v) is 8.81. The third-order valence-corrected chi connectivity index (χ3v) is 4.74. The van der Waals surface area contributed by atoms with Crippen molar-refractivity contribution < 1.29 is 19.5 Å². The minimum absolute atomic E-state index is 0.281. The molecule has 7 heteroatoms. The molecule has 1 aliphatic rings. The lowest BCUT2D eigenvalue weighted by Gasteiger charge is -2.25. The van der Waals surface area contributed by atoms with E-state index in [0.717, 1.165) is 39.7 Å². The molecule has 112 valence electrons. The molecule has 1 aromatic carbocycles. The van der Waals surface area contributed by atoms with Crippen molar-refractivity contribution >= 4 is 47.8 Å². The van der Waals surface area contributed by atoms with E-state index in [1.54, 1.807) is 0 Å². The van der Waals surface area contributed by atoms with Crippen LogP contribution in [0.25, 0.3) is 0 Å². The summed E-state index contributed by atoms with van der Waals surface area (Å²) in [5.41, 5.74) is 0. The Morgan fingerprint density at radius 2 is 1.80 bits per heavy atom. The van der Waals surface area contributed by atoms with Gasteiger partial charge in [-0.3, -0.25) is 0 Å². The fourth-order valence-electron chi connectivity index (χ4n) is 2.10. The van der Waals surface area contributed by atoms with E-state index in [2.05, 4.69) is 47.8 Å². The number of benzene rings is 1. The summed E-state index contributed by atoms with van der Waals surface area (Å²) in [6.07, 6.45) is -0.481. The second kappa shape index (κ2) is 8.10. The molecule has 0 spiro atoms. The Bertz CT molecular complexity index is 429. The normalized spacial score (nSPS) is 18.0. The third-order valence-electron chi connectivity index (χ3n) is 3.11. The van der Waals surface area contributed by atoms with Gasteiger partial charge < -0.3 is 19.5 Å². The summed E-state index contributed by atoms with van der Waals surface area (Å²) in [5.74, 6) is 0.712. The molecule has 4 nitrogen and oxygen atoms in total. The number of morpholine rings is 1. The maximum Gasteiger partial charge on any atom is 0.147 e. The molecule has 1 heterocycles. The summed E-state index contributed by atoms with van der Waals surface area (Å²) in [6.45, 7) is 4.41. The van der Waals surface area contributed by atoms with Gasteiger partial charge in [0.15, 0.2) is 0 Å². The summed E-state index contributed by atoms with van der Waals surface area (Å²) in [4.78, 5) is 1.36. The predicted octanol–water partition coefficient (Wildman–Crippen LogP) is 1.63. The van der Waals surface area contributed by atoms with Gasteiger partial charge in [-0.2, -0.15) is 0 Å². The highest BCUT2D eigenvalue weighted by Gasteiger charge is 2.19. The van der Waals surface area contributed by atoms with Crippen LogP contribution in [0.3, 0.4) is 0 Å². The van der Waals surface area contributed by atoms with Crippen molar-refractivity contribution in [3.8, 4) is 5.75 Å². The van der Waals surface area contributed by atoms with Crippen LogP contribution >= 0.6 is 47.8 Å². The Balaban J connectivity index is 1.85. The Labute approximate surface area is 143 Å². The number of rotatable bonds is 5. The monoisotopic (exact) mass is 472 g/mol. The van der Waals surface area contributed by atoms with E-state index in [0.29, 0.717) is 12.3 Å². The molecule has 2 rings (SSSR count). The highest BCUT2D eigenvalue weighted by Crippen LogP contribution is 2.36. The smallest absolute Gasteiger partial charge is 0.147 e. The molecule has 1 atom stereocenters. The lowest BCUT2D eigenvalue weighted by molar-refractivity contribution is -0.911. The van der Waals surface area contributed by atoms with E-state index >= 15 is 0 Å². The molecule has 0 saturated carbocycles. The van der Waals surface area contributed by atoms with Crippen LogP contribution in [0.15, 0.2) is 25.6 Å². The summed E-state index contributed by atoms with van der Waals surface area (Å²) < 4.78 is 13.7. The molecule has 1 fully saturated rings. The molecule has 1 aromatic rings. The molecule has 2 N–H and O–H groups in total. The highest BCUT2D eigenvalue weighted by atomic mass is 79.9. The van der Waals surface area contributed by atoms with Crippen LogP contribution in [0, 0.1) is 0 Å². The molecule has 0 radical (unpaired) electrons. The number of aliphatic hydroxyl groups excluding tert-OH is 1. The van der Waals surface area contributed by atoms with Gasteiger partial charge in [-0.15, -0.1) is 0 Å². The first kappa shape index (κ1) is 16.7. The average Bonchev–Trinajstić information content (AvgIpc) is 2.38. The SMILES string of the molecule is O[C@@H](COc1c(Br)cc(Br)cc1Br)C[NH+]1CCOCC1. The lowest BCUT2D eigenvalue weighted by atomic mass is 10.3. The zero-order valence-electron chi connectivity index (χ0n) is 10.9. The van der Waals surface area contributed by atoms with Crippen LogP contribution in [0.1, 0.15) is 0 Å². The number of hydrogen-bond acceptors (Lipinski definition) is 3. The van der Waals surface area contributed by atoms with Gasteiger partial charge >= 0.3 is 0 Å². The van der Waals surface area contributed by atoms with Crippen molar-refractivity contribution in [2.75, 3.05) is 39.5 Å². The molecule has 0 unspecified atom stereocenters. The summed E-state index contributed by atoms with van der Waals surface area (Å²) in [6, 6.07) is 3.83. The minimum Gasteiger partial charge on any atom is -0.488 e. The van der Waals surface area contributed by atoms with E-state index < -0.39 is 6.10 Å². The van der Waals surface area contributed by atoms with Crippen molar-refractivity contribution in [2.24, 2.45) is 0 Å². The van der Waals surface area contributed by atoms with Crippen molar-refractivity contribution in [1.82, 2.24) is 0 Å². The fraction of sp³-hybridized carbons (Fsp3) is 0.538. The van der Waals surface area contributed by atoms with Crippen LogP contribution in [-0.4, -0.2) is 50.7 Å². The quantitative estimate of drug-likeness (QED) is 0.681. The van der Waals surface area contributed by atoms with Gasteiger partial charge in [0.25, 0.3) is 0 Å². The van der Waals surface area contributed by atoms with E-state index in [9.17, 15) is 5.11 Å². The van der Waals surface area contributed by atoms with Crippen molar-refractivity contribution in [1.29, 1.82) is 0 Å². The summed E-state index contributed by atoms with van der Waals surface area (Å²) >= 11 is 10.3. The van der Waals surface area contributed by atoms with Gasteiger partial charge in [0, 0.05) is 4.47 Å². The number of nitrogens with one attached hydrogen (secondary N) is 1. The van der Waals surface area contributed by atoms with E-state index in [1.165, 1.54) is 4.90 Å². The van der Waals surface area contributed by atoms with Gasteiger partial charge in [-0.25, -0.2) is 0 Å². The molecule has 0 aromatic heterocycles. The highest BCUT2D eigenvalue weighted by molar-refractivity contribution is 9.11. The van der Waals surface area contributed by atoms with Gasteiger partial charge in [-0.05, 0) is 44.0 Å². The Kier molecular flexibility index (Phi) is 6.77. The number of quaternary nitrogens is 1. The van der Waals surface area contributed by atoms with Crippen LogP contribution in [0.2, 0.25) is 0 Å². The van der Waals surface area contributed by atoms with Gasteiger partial charge in [0.2, 0.25) is 0 Å². The Morgan fingerprint density at radius 3 is 2.40 bits per heavy atom. The maximum atomic E-state index is 10.1. The van der Waals surface area contributed by atoms with Gasteiger partial charge in [0.1, 0.15) is 38.1 Å². The maximum absolute atomic E-state index is 10.1. The number of ether oxygens (including phenoxy) is 2. The molecular weight excluding hydrogens is 458 g/mol. The van der Waals surface area contributed by atoms with Gasteiger partial charge in [0.05, 0.1) is 22.2 Å². The molecule has 20 heavy (non-hydrogen) atoms. The molecule has 1 saturated heterocycles. The first-order valence-electron chi connectivity index (χ1n) is 6.43. The summed E-state index contributed by atoms with van der Waals surface area (Å²) in [5, 5.41) is 10.1. The van der Waals surface area contributed by atoms with Crippen molar-refractivity contribution in [3.63, 3.8) is 0 Å². The number of aliphatic hydroxyl groups is 1. The van der Waals surface area contributed by atoms with Crippen molar-refractivity contribution in [2.45, 2.75) is 6.10 Å². The predicted molar refractivity (Wildman–Crippen MR) is 87.4 cm³/mol. The second-order valence-electron chi connectivity index (χ2n) is 4.73. The zero-order chi connectivity index (χ0) is 14.5. The van der Waals surface area contributed by atoms with E-state index in [-0.39, 0.29) is 6.61 Å². The minimum atomic E-state index is -0.481. The topological polar surface area (TPSA) is 43.1 Å². The molecule has 1 aliphatic heterocycles. The summed E-state index contributed by atoms with van der Waals surface area (Å²) in [7, 11) is 0. The molecule has 0 amide bonds. The van der Waals surface area contributed by atoms with Crippen molar-refractivity contribution in [3.05, 3.63) is 25.6 Å². The zero-order valence-corrected chi connectivity index (χ0v) is 15.6. The largest absolute Gasteiger partial charge is 0.488 e. The van der Waals surface area contributed by atoms with Gasteiger partial charge in [-0.1, -0.05) is 15.9 Å². The van der Waals surface area contributed by atoms with Crippen LogP contribution in [0.4, 0.5) is 0 Å². The van der Waals surface area contributed by atoms with E-state index in [1.807, 2.05) is 12.1 Å². The Hall–Kier alpha value is 0.340. The molecular formula is C13H17Br3NO3+. The van der Waals surface area contributed by atoms with Crippen LogP contribution in [-0.2, 0) is 4.74 Å². The van der Waals surface area contributed by atoms with Crippen LogP contribution in [0.5, 0.6) is 5.75 Å². The van der Waals surface area contributed by atoms with E-state index in [4.69, 9.17) is 9.47 Å². The second-order valence-corrected chi connectivity index (χ2v) is 7.35. The lowest BCUT2D eigenvalue weighted by Crippen LogP contribution is -3.15. The molecule has 0 bridgehead atoms. The standard InChI is InChI=1S/C13H16Br3NO3/c14-9-5-11(15)13(12(16)6-9)20-8-10(18)7-17-1-3-19-4-2-17/h5-6,10,18H,1-4,7-8H2/p+1/t10-/m1/s1.